The molecule has 1 atom stereocenters. The van der Waals surface area contributed by atoms with Crippen molar-refractivity contribution >= 4 is 23.8 Å². The van der Waals surface area contributed by atoms with Gasteiger partial charge in [0.15, 0.2) is 5.03 Å². The molecule has 5 N–H and O–H groups in total. The van der Waals surface area contributed by atoms with Crippen LogP contribution in [0.5, 0.6) is 0 Å². The normalized spacial score (nSPS) is 12.1. The van der Waals surface area contributed by atoms with Gasteiger partial charge in [-0.1, -0.05) is 49.6 Å². The number of carbonyl (C=O) groups is 2. The first-order valence-electron chi connectivity index (χ1n) is 10.1. The van der Waals surface area contributed by atoms with E-state index in [1.165, 1.54) is 0 Å². The van der Waals surface area contributed by atoms with Crippen molar-refractivity contribution in [3.63, 3.8) is 0 Å². The van der Waals surface area contributed by atoms with Gasteiger partial charge in [-0.25, -0.2) is 10.1 Å². The van der Waals surface area contributed by atoms with Gasteiger partial charge in [0.1, 0.15) is 6.04 Å². The Morgan fingerprint density at radius 1 is 1.23 bits per heavy atom. The van der Waals surface area contributed by atoms with E-state index in [2.05, 4.69) is 16.0 Å². The van der Waals surface area contributed by atoms with Gasteiger partial charge in [0.05, 0.1) is 0 Å². The molecule has 31 heavy (non-hydrogen) atoms. The zero-order valence-electron chi connectivity index (χ0n) is 18.1. The molecule has 1 aromatic carbocycles. The van der Waals surface area contributed by atoms with Crippen molar-refractivity contribution in [2.45, 2.75) is 46.1 Å². The number of nitrogens with zero attached hydrogens (tertiary/aromatic N) is 1. The lowest BCUT2D eigenvalue weighted by atomic mass is 10.1. The smallest absolute Gasteiger partial charge is 0.251 e. The zero-order valence-corrected chi connectivity index (χ0v) is 18.1. The zero-order chi connectivity index (χ0) is 23.2. The molecular weight excluding hydrogens is 400 g/mol. The molecule has 1 rings (SSSR count). The largest absolute Gasteiger partial charge is 0.352 e. The summed E-state index contributed by atoms with van der Waals surface area (Å²) in [4.78, 5) is 35.5. The van der Waals surface area contributed by atoms with Gasteiger partial charge >= 0.3 is 0 Å². The van der Waals surface area contributed by atoms with Crippen molar-refractivity contribution in [1.29, 1.82) is 5.41 Å². The average Bonchev–Trinajstić information content (AvgIpc) is 2.69. The Hall–Kier alpha value is -3.43. The maximum atomic E-state index is 12.6. The van der Waals surface area contributed by atoms with E-state index in [-0.39, 0.29) is 18.4 Å². The Labute approximate surface area is 182 Å². The molecule has 1 radical (unpaired) electrons. The van der Waals surface area contributed by atoms with E-state index in [9.17, 15) is 19.7 Å². The molecule has 0 saturated heterocycles. The van der Waals surface area contributed by atoms with Gasteiger partial charge in [-0.3, -0.25) is 15.0 Å². The van der Waals surface area contributed by atoms with Gasteiger partial charge in [-0.2, -0.15) is 0 Å². The molecule has 1 aromatic rings. The van der Waals surface area contributed by atoms with Gasteiger partial charge in [-0.15, -0.1) is 0 Å². The Morgan fingerprint density at radius 2 is 1.90 bits per heavy atom. The summed E-state index contributed by atoms with van der Waals surface area (Å²) in [5.74, 6) is -0.751. The molecule has 2 amide bonds. The second kappa shape index (κ2) is 13.7. The van der Waals surface area contributed by atoms with E-state index in [0.29, 0.717) is 30.8 Å². The number of nitrogens with one attached hydrogen (secondary N) is 5. The molecule has 0 spiro atoms. The lowest BCUT2D eigenvalue weighted by molar-refractivity contribution is -0.525. The quantitative estimate of drug-likeness (QED) is 0.0853. The van der Waals surface area contributed by atoms with Crippen molar-refractivity contribution < 1.29 is 14.6 Å². The number of rotatable bonds is 12. The first kappa shape index (κ1) is 25.6. The van der Waals surface area contributed by atoms with Crippen LogP contribution in [0.4, 0.5) is 0 Å². The topological polar surface area (TPSA) is 149 Å². The van der Waals surface area contributed by atoms with E-state index >= 15 is 0 Å². The van der Waals surface area contributed by atoms with Gasteiger partial charge < -0.3 is 16.0 Å². The minimum Gasteiger partial charge on any atom is -0.352 e. The summed E-state index contributed by atoms with van der Waals surface area (Å²) in [6.45, 7) is 7.63. The second-order valence-electron chi connectivity index (χ2n) is 7.42. The summed E-state index contributed by atoms with van der Waals surface area (Å²) in [7, 11) is 0. The van der Waals surface area contributed by atoms with Crippen LogP contribution >= 0.6 is 0 Å². The SMILES string of the molecule is C/C(=C\c1ccccc1)C(=O)N[C@@H](CCCNC(=N)N[N+](=O)[O-])C(=O)N[CH]CC(C)C. The fourth-order valence-corrected chi connectivity index (χ4v) is 2.55. The molecule has 0 aliphatic rings. The molecule has 0 heterocycles. The number of guanidine groups is 1. The highest BCUT2D eigenvalue weighted by Gasteiger charge is 2.21. The standard InChI is InChI=1S/C21H31N6O4/c1-15(2)11-13-23-20(29)18(10-7-12-24-21(22)26-27(30)31)25-19(28)16(3)14-17-8-5-4-6-9-17/h4-6,8-9,13-15,18H,7,10-12H2,1-3H3,(H,23,29)(H,25,28)(H3,22,24,26)/b16-14+/t18-/m0/s1. The minimum absolute atomic E-state index is 0.230. The van der Waals surface area contributed by atoms with Crippen molar-refractivity contribution in [1.82, 2.24) is 21.4 Å². The second-order valence-corrected chi connectivity index (χ2v) is 7.42. The van der Waals surface area contributed by atoms with Crippen molar-refractivity contribution in [2.24, 2.45) is 5.92 Å². The van der Waals surface area contributed by atoms with E-state index in [1.807, 2.05) is 44.2 Å². The summed E-state index contributed by atoms with van der Waals surface area (Å²) >= 11 is 0. The van der Waals surface area contributed by atoms with Gasteiger partial charge in [0.2, 0.25) is 11.8 Å². The fraction of sp³-hybridized carbons (Fsp3) is 0.429. The molecule has 0 aromatic heterocycles. The third kappa shape index (κ3) is 11.4. The van der Waals surface area contributed by atoms with Crippen LogP contribution in [0.2, 0.25) is 0 Å². The predicted molar refractivity (Wildman–Crippen MR) is 119 cm³/mol. The maximum Gasteiger partial charge on any atom is 0.251 e. The lowest BCUT2D eigenvalue weighted by Gasteiger charge is -2.19. The Balaban J connectivity index is 2.69. The van der Waals surface area contributed by atoms with E-state index in [1.54, 1.807) is 25.0 Å². The molecule has 0 bridgehead atoms. The lowest BCUT2D eigenvalue weighted by Crippen LogP contribution is -2.47. The number of hydrogen-bond acceptors (Lipinski definition) is 5. The summed E-state index contributed by atoms with van der Waals surface area (Å²) in [5.41, 5.74) is 3.04. The van der Waals surface area contributed by atoms with Gasteiger partial charge in [0.25, 0.3) is 5.96 Å². The number of nitro groups is 1. The summed E-state index contributed by atoms with van der Waals surface area (Å²) in [6.07, 6.45) is 3.14. The third-order valence-corrected chi connectivity index (χ3v) is 4.17. The molecule has 10 nitrogen and oxygen atoms in total. The van der Waals surface area contributed by atoms with Crippen molar-refractivity contribution in [3.05, 3.63) is 58.1 Å². The number of hydrazine groups is 1. The Kier molecular flexibility index (Phi) is 11.3. The first-order valence-corrected chi connectivity index (χ1v) is 10.1. The molecule has 10 heteroatoms. The molecule has 0 unspecified atom stereocenters. The van der Waals surface area contributed by atoms with Crippen LogP contribution in [-0.4, -0.2) is 35.4 Å². The van der Waals surface area contributed by atoms with Crippen molar-refractivity contribution in [2.75, 3.05) is 6.54 Å². The highest BCUT2D eigenvalue weighted by atomic mass is 16.7. The fourth-order valence-electron chi connectivity index (χ4n) is 2.55. The first-order chi connectivity index (χ1) is 14.7. The van der Waals surface area contributed by atoms with Crippen LogP contribution in [0.25, 0.3) is 6.08 Å². The van der Waals surface area contributed by atoms with E-state index in [0.717, 1.165) is 5.56 Å². The van der Waals surface area contributed by atoms with Crippen LogP contribution in [0.15, 0.2) is 35.9 Å². The van der Waals surface area contributed by atoms with Crippen LogP contribution < -0.4 is 21.4 Å². The highest BCUT2D eigenvalue weighted by molar-refractivity contribution is 5.99. The van der Waals surface area contributed by atoms with Gasteiger partial charge in [-0.05, 0) is 43.7 Å². The number of amides is 2. The van der Waals surface area contributed by atoms with Crippen LogP contribution in [-0.2, 0) is 9.59 Å². The summed E-state index contributed by atoms with van der Waals surface area (Å²) in [5, 5.41) is 24.9. The van der Waals surface area contributed by atoms with E-state index in [4.69, 9.17) is 5.41 Å². The van der Waals surface area contributed by atoms with Crippen LogP contribution in [0.1, 0.15) is 45.6 Å². The van der Waals surface area contributed by atoms with E-state index < -0.39 is 17.0 Å². The number of carbonyl (C=O) groups excluding carboxylic acids is 2. The summed E-state index contributed by atoms with van der Waals surface area (Å²) < 4.78 is 0. The van der Waals surface area contributed by atoms with Crippen LogP contribution in [0.3, 0.4) is 0 Å². The van der Waals surface area contributed by atoms with Crippen molar-refractivity contribution in [3.8, 4) is 0 Å². The summed E-state index contributed by atoms with van der Waals surface area (Å²) in [6, 6.07) is 8.60. The predicted octanol–water partition coefficient (Wildman–Crippen LogP) is 1.98. The third-order valence-electron chi connectivity index (χ3n) is 4.17. The van der Waals surface area contributed by atoms with Gasteiger partial charge in [0, 0.05) is 18.7 Å². The Morgan fingerprint density at radius 3 is 2.52 bits per heavy atom. The molecule has 0 aliphatic carbocycles. The monoisotopic (exact) mass is 431 g/mol. The Bertz CT molecular complexity index is 779. The molecular formula is C21H31N6O4. The molecule has 169 valence electrons. The molecule has 0 saturated carbocycles. The minimum atomic E-state index is -0.835. The number of benzene rings is 1. The van der Waals surface area contributed by atoms with Crippen LogP contribution in [0, 0.1) is 28.0 Å². The maximum absolute atomic E-state index is 12.6. The highest BCUT2D eigenvalue weighted by Crippen LogP contribution is 2.08. The molecule has 0 aliphatic heterocycles. The molecule has 0 fully saturated rings. The average molecular weight is 432 g/mol. The number of hydrogen-bond donors (Lipinski definition) is 5.